The second kappa shape index (κ2) is 5.08. The molecule has 0 saturated carbocycles. The molecule has 0 radical (unpaired) electrons. The molecule has 0 unspecified atom stereocenters. The fourth-order valence-corrected chi connectivity index (χ4v) is 1.75. The van der Waals surface area contributed by atoms with Crippen molar-refractivity contribution in [2.75, 3.05) is 13.2 Å². The Morgan fingerprint density at radius 2 is 2.11 bits per heavy atom. The van der Waals surface area contributed by atoms with Gasteiger partial charge >= 0.3 is 0 Å². The van der Waals surface area contributed by atoms with Gasteiger partial charge in [-0.1, -0.05) is 26.8 Å². The lowest BCUT2D eigenvalue weighted by Gasteiger charge is -2.18. The van der Waals surface area contributed by atoms with E-state index in [1.54, 1.807) is 0 Å². The summed E-state index contributed by atoms with van der Waals surface area (Å²) in [4.78, 5) is 4.43. The van der Waals surface area contributed by atoms with Crippen molar-refractivity contribution in [1.29, 1.82) is 0 Å². The number of nitrogens with two attached hydrogens (primary N) is 1. The summed E-state index contributed by atoms with van der Waals surface area (Å²) in [6.45, 7) is 7.94. The van der Waals surface area contributed by atoms with Crippen molar-refractivity contribution in [3.05, 3.63) is 29.7 Å². The first-order chi connectivity index (χ1) is 8.50. The lowest BCUT2D eigenvalue weighted by Crippen LogP contribution is -2.10. The van der Waals surface area contributed by atoms with Crippen LogP contribution in [0.15, 0.2) is 22.6 Å². The monoisotopic (exact) mass is 248 g/mol. The third kappa shape index (κ3) is 2.89. The largest absolute Gasteiger partial charge is 0.438 e. The van der Waals surface area contributed by atoms with E-state index >= 15 is 0 Å². The Morgan fingerprint density at radius 3 is 2.78 bits per heavy atom. The molecule has 2 aromatic rings. The van der Waals surface area contributed by atoms with Gasteiger partial charge in [-0.05, 0) is 23.1 Å². The predicted octanol–water partition coefficient (Wildman–Crippen LogP) is 2.60. The van der Waals surface area contributed by atoms with Gasteiger partial charge < -0.3 is 14.9 Å². The molecule has 2 rings (SSSR count). The summed E-state index contributed by atoms with van der Waals surface area (Å²) < 4.78 is 10.9. The molecule has 0 aliphatic rings. The minimum Gasteiger partial charge on any atom is -0.438 e. The number of fused-ring (bicyclic) bond motifs is 1. The second-order valence-electron chi connectivity index (χ2n) is 5.38. The minimum atomic E-state index is 0.114. The van der Waals surface area contributed by atoms with Gasteiger partial charge in [0.15, 0.2) is 5.58 Å². The summed E-state index contributed by atoms with van der Waals surface area (Å²) in [6.07, 6.45) is 0. The molecule has 1 aromatic heterocycles. The summed E-state index contributed by atoms with van der Waals surface area (Å²) in [7, 11) is 0. The van der Waals surface area contributed by atoms with Crippen LogP contribution in [0.1, 0.15) is 32.2 Å². The molecule has 0 aliphatic carbocycles. The van der Waals surface area contributed by atoms with Gasteiger partial charge in [0.1, 0.15) is 12.1 Å². The highest BCUT2D eigenvalue weighted by Gasteiger charge is 2.15. The molecule has 98 valence electrons. The zero-order valence-corrected chi connectivity index (χ0v) is 11.2. The van der Waals surface area contributed by atoms with Crippen molar-refractivity contribution in [3.63, 3.8) is 0 Å². The maximum atomic E-state index is 5.61. The molecular weight excluding hydrogens is 228 g/mol. The molecule has 18 heavy (non-hydrogen) atoms. The molecule has 0 amide bonds. The summed E-state index contributed by atoms with van der Waals surface area (Å²) in [5, 5.41) is 0. The van der Waals surface area contributed by atoms with Crippen molar-refractivity contribution >= 4 is 11.1 Å². The number of hydrogen-bond donors (Lipinski definition) is 1. The van der Waals surface area contributed by atoms with E-state index < -0.39 is 0 Å². The zero-order valence-electron chi connectivity index (χ0n) is 11.2. The summed E-state index contributed by atoms with van der Waals surface area (Å²) >= 11 is 0. The smallest absolute Gasteiger partial charge is 0.221 e. The topological polar surface area (TPSA) is 61.3 Å². The third-order valence-electron chi connectivity index (χ3n) is 2.79. The van der Waals surface area contributed by atoms with Crippen LogP contribution in [0.5, 0.6) is 0 Å². The molecule has 0 aliphatic heterocycles. The average Bonchev–Trinajstić information content (AvgIpc) is 2.69. The number of hydrogen-bond acceptors (Lipinski definition) is 4. The first kappa shape index (κ1) is 13.1. The van der Waals surface area contributed by atoms with Gasteiger partial charge in [0.05, 0.1) is 6.61 Å². The maximum absolute atomic E-state index is 5.61. The normalized spacial score (nSPS) is 12.2. The average molecular weight is 248 g/mol. The molecule has 0 atom stereocenters. The van der Waals surface area contributed by atoms with E-state index in [1.165, 1.54) is 5.56 Å². The first-order valence-electron chi connectivity index (χ1n) is 6.18. The number of ether oxygens (including phenoxy) is 1. The number of aromatic nitrogens is 1. The molecule has 0 fully saturated rings. The van der Waals surface area contributed by atoms with Crippen LogP contribution in [0.25, 0.3) is 11.1 Å². The Labute approximate surface area is 107 Å². The van der Waals surface area contributed by atoms with Crippen LogP contribution >= 0.6 is 0 Å². The highest BCUT2D eigenvalue weighted by atomic mass is 16.5. The van der Waals surface area contributed by atoms with Crippen molar-refractivity contribution < 1.29 is 9.15 Å². The lowest BCUT2D eigenvalue weighted by atomic mass is 9.87. The first-order valence-corrected chi connectivity index (χ1v) is 6.18. The van der Waals surface area contributed by atoms with Crippen LogP contribution in [0, 0.1) is 0 Å². The van der Waals surface area contributed by atoms with Crippen LogP contribution < -0.4 is 5.73 Å². The van der Waals surface area contributed by atoms with Crippen LogP contribution in [0.2, 0.25) is 0 Å². The van der Waals surface area contributed by atoms with E-state index in [4.69, 9.17) is 14.9 Å². The van der Waals surface area contributed by atoms with Gasteiger partial charge in [-0.25, -0.2) is 4.98 Å². The van der Waals surface area contributed by atoms with E-state index in [2.05, 4.69) is 37.9 Å². The van der Waals surface area contributed by atoms with Gasteiger partial charge in [0, 0.05) is 6.54 Å². The summed E-state index contributed by atoms with van der Waals surface area (Å²) in [5.74, 6) is 0.601. The Kier molecular flexibility index (Phi) is 3.68. The van der Waals surface area contributed by atoms with Crippen molar-refractivity contribution in [2.24, 2.45) is 5.73 Å². The second-order valence-corrected chi connectivity index (χ2v) is 5.38. The number of benzene rings is 1. The number of rotatable bonds is 4. The van der Waals surface area contributed by atoms with E-state index in [9.17, 15) is 0 Å². The van der Waals surface area contributed by atoms with Crippen molar-refractivity contribution in [1.82, 2.24) is 4.98 Å². The van der Waals surface area contributed by atoms with Gasteiger partial charge in [0.25, 0.3) is 0 Å². The third-order valence-corrected chi connectivity index (χ3v) is 2.79. The lowest BCUT2D eigenvalue weighted by molar-refractivity contribution is 0.110. The Hall–Kier alpha value is -1.39. The summed E-state index contributed by atoms with van der Waals surface area (Å²) in [6, 6.07) is 6.12. The highest BCUT2D eigenvalue weighted by molar-refractivity contribution is 5.73. The molecule has 0 spiro atoms. The molecule has 1 aromatic carbocycles. The quantitative estimate of drug-likeness (QED) is 0.845. The van der Waals surface area contributed by atoms with Gasteiger partial charge in [-0.2, -0.15) is 0 Å². The Morgan fingerprint density at radius 1 is 1.33 bits per heavy atom. The maximum Gasteiger partial charge on any atom is 0.221 e. The van der Waals surface area contributed by atoms with Gasteiger partial charge in [0.2, 0.25) is 5.89 Å². The van der Waals surface area contributed by atoms with Crippen molar-refractivity contribution in [2.45, 2.75) is 32.8 Å². The fraction of sp³-hybridized carbons (Fsp3) is 0.500. The molecule has 4 heteroatoms. The van der Waals surface area contributed by atoms with E-state index in [0.29, 0.717) is 25.6 Å². The molecular formula is C14H20N2O2. The zero-order chi connectivity index (χ0) is 13.2. The fourth-order valence-electron chi connectivity index (χ4n) is 1.75. The van der Waals surface area contributed by atoms with E-state index in [-0.39, 0.29) is 5.41 Å². The molecule has 0 saturated heterocycles. The van der Waals surface area contributed by atoms with E-state index in [1.807, 2.05) is 6.07 Å². The standard InChI is InChI=1S/C14H20N2O2/c1-14(2,3)10-4-5-12-11(8-10)16-13(18-12)9-17-7-6-15/h4-5,8H,6-7,9,15H2,1-3H3. The Balaban J connectivity index is 2.23. The van der Waals surface area contributed by atoms with Gasteiger partial charge in [-0.3, -0.25) is 0 Å². The van der Waals surface area contributed by atoms with Gasteiger partial charge in [-0.15, -0.1) is 0 Å². The van der Waals surface area contributed by atoms with Crippen LogP contribution in [-0.4, -0.2) is 18.1 Å². The molecule has 1 heterocycles. The van der Waals surface area contributed by atoms with Crippen molar-refractivity contribution in [3.8, 4) is 0 Å². The minimum absolute atomic E-state index is 0.114. The summed E-state index contributed by atoms with van der Waals surface area (Å²) in [5.41, 5.74) is 8.41. The highest BCUT2D eigenvalue weighted by Crippen LogP contribution is 2.26. The van der Waals surface area contributed by atoms with Crippen LogP contribution in [0.4, 0.5) is 0 Å². The number of oxazole rings is 1. The molecule has 4 nitrogen and oxygen atoms in total. The van der Waals surface area contributed by atoms with E-state index in [0.717, 1.165) is 11.1 Å². The Bertz CT molecular complexity index is 526. The molecule has 0 bridgehead atoms. The molecule has 2 N–H and O–H groups in total. The van der Waals surface area contributed by atoms with Crippen LogP contribution in [-0.2, 0) is 16.8 Å². The number of nitrogens with zero attached hydrogens (tertiary/aromatic N) is 1. The SMILES string of the molecule is CC(C)(C)c1ccc2oc(COCCN)nc2c1. The predicted molar refractivity (Wildman–Crippen MR) is 71.4 cm³/mol. The van der Waals surface area contributed by atoms with Crippen LogP contribution in [0.3, 0.4) is 0 Å².